The molecule has 0 saturated carbocycles. The van der Waals surface area contributed by atoms with E-state index in [2.05, 4.69) is 4.90 Å². The van der Waals surface area contributed by atoms with Crippen LogP contribution in [0.2, 0.25) is 0 Å². The maximum Gasteiger partial charge on any atom is 0.419 e. The molecule has 2 aromatic rings. The monoisotopic (exact) mass is 332 g/mol. The van der Waals surface area contributed by atoms with Crippen molar-refractivity contribution in [1.82, 2.24) is 9.47 Å². The Hall–Kier alpha value is -1.63. The van der Waals surface area contributed by atoms with Crippen molar-refractivity contribution in [3.63, 3.8) is 0 Å². The SMILES string of the molecule is O=c1oc2ccccc2n1CCCN1CCC(C2OCCO2)CC1. The van der Waals surface area contributed by atoms with Crippen molar-refractivity contribution in [2.75, 3.05) is 32.8 Å². The van der Waals surface area contributed by atoms with E-state index in [9.17, 15) is 4.79 Å². The molecule has 6 nitrogen and oxygen atoms in total. The zero-order valence-electron chi connectivity index (χ0n) is 13.9. The van der Waals surface area contributed by atoms with Gasteiger partial charge in [-0.1, -0.05) is 12.1 Å². The lowest BCUT2D eigenvalue weighted by atomic mass is 9.96. The van der Waals surface area contributed by atoms with Crippen LogP contribution in [0.3, 0.4) is 0 Å². The minimum Gasteiger partial charge on any atom is -0.408 e. The minimum atomic E-state index is -0.259. The van der Waals surface area contributed by atoms with Gasteiger partial charge in [-0.2, -0.15) is 0 Å². The third kappa shape index (κ3) is 3.27. The summed E-state index contributed by atoms with van der Waals surface area (Å²) in [6.07, 6.45) is 3.21. The van der Waals surface area contributed by atoms with Crippen molar-refractivity contribution >= 4 is 11.1 Å². The second-order valence-electron chi connectivity index (χ2n) is 6.63. The summed E-state index contributed by atoms with van der Waals surface area (Å²) in [5.74, 6) is 0.273. The van der Waals surface area contributed by atoms with Gasteiger partial charge in [-0.05, 0) is 51.0 Å². The molecule has 2 aliphatic heterocycles. The second-order valence-corrected chi connectivity index (χ2v) is 6.63. The first-order chi connectivity index (χ1) is 11.8. The van der Waals surface area contributed by atoms with Gasteiger partial charge in [0.15, 0.2) is 11.9 Å². The first kappa shape index (κ1) is 15.9. The highest BCUT2D eigenvalue weighted by Crippen LogP contribution is 2.25. The molecule has 0 N–H and O–H groups in total. The summed E-state index contributed by atoms with van der Waals surface area (Å²) in [6, 6.07) is 7.60. The van der Waals surface area contributed by atoms with Crippen LogP contribution >= 0.6 is 0 Å². The first-order valence-electron chi connectivity index (χ1n) is 8.85. The number of aryl methyl sites for hydroxylation is 1. The van der Waals surface area contributed by atoms with Crippen LogP contribution in [0.5, 0.6) is 0 Å². The molecule has 4 rings (SSSR count). The first-order valence-corrected chi connectivity index (χ1v) is 8.85. The Morgan fingerprint density at radius 2 is 1.79 bits per heavy atom. The van der Waals surface area contributed by atoms with Gasteiger partial charge in [0.1, 0.15) is 0 Å². The van der Waals surface area contributed by atoms with Gasteiger partial charge in [-0.25, -0.2) is 4.79 Å². The molecule has 0 radical (unpaired) electrons. The molecule has 3 heterocycles. The maximum atomic E-state index is 12.0. The largest absolute Gasteiger partial charge is 0.419 e. The maximum absolute atomic E-state index is 12.0. The Labute approximate surface area is 140 Å². The number of hydrogen-bond donors (Lipinski definition) is 0. The van der Waals surface area contributed by atoms with Gasteiger partial charge < -0.3 is 18.8 Å². The van der Waals surface area contributed by atoms with Crippen LogP contribution in [0, 0.1) is 5.92 Å². The smallest absolute Gasteiger partial charge is 0.408 e. The molecule has 2 fully saturated rings. The normalized spacial score (nSPS) is 21.0. The van der Waals surface area contributed by atoms with E-state index in [0.717, 1.165) is 57.6 Å². The van der Waals surface area contributed by atoms with Crippen LogP contribution in [-0.4, -0.2) is 48.6 Å². The molecule has 2 aliphatic rings. The average Bonchev–Trinajstić information content (AvgIpc) is 3.24. The molecule has 0 bridgehead atoms. The van der Waals surface area contributed by atoms with Crippen molar-refractivity contribution in [3.8, 4) is 0 Å². The van der Waals surface area contributed by atoms with Crippen molar-refractivity contribution in [2.24, 2.45) is 5.92 Å². The van der Waals surface area contributed by atoms with Crippen molar-refractivity contribution in [2.45, 2.75) is 32.1 Å². The predicted molar refractivity (Wildman–Crippen MR) is 89.9 cm³/mol. The molecule has 0 aliphatic carbocycles. The molecule has 130 valence electrons. The van der Waals surface area contributed by atoms with Gasteiger partial charge in [0.05, 0.1) is 18.7 Å². The van der Waals surface area contributed by atoms with Crippen LogP contribution in [-0.2, 0) is 16.0 Å². The summed E-state index contributed by atoms with van der Waals surface area (Å²) in [5.41, 5.74) is 1.55. The van der Waals surface area contributed by atoms with E-state index in [1.54, 1.807) is 4.57 Å². The lowest BCUT2D eigenvalue weighted by Gasteiger charge is -2.33. The fraction of sp³-hybridized carbons (Fsp3) is 0.611. The molecule has 6 heteroatoms. The summed E-state index contributed by atoms with van der Waals surface area (Å²) >= 11 is 0. The Balaban J connectivity index is 1.27. The van der Waals surface area contributed by atoms with Crippen LogP contribution < -0.4 is 5.76 Å². The Morgan fingerprint density at radius 3 is 2.58 bits per heavy atom. The van der Waals surface area contributed by atoms with Gasteiger partial charge in [0, 0.05) is 12.5 Å². The standard InChI is InChI=1S/C18H24N2O4/c21-18-20(15-4-1-2-5-16(15)24-18)9-3-8-19-10-6-14(7-11-19)17-22-12-13-23-17/h1-2,4-5,14,17H,3,6-13H2. The third-order valence-electron chi connectivity index (χ3n) is 5.09. The van der Waals surface area contributed by atoms with E-state index in [1.807, 2.05) is 24.3 Å². The molecular weight excluding hydrogens is 308 g/mol. The van der Waals surface area contributed by atoms with Crippen molar-refractivity contribution in [3.05, 3.63) is 34.8 Å². The van der Waals surface area contributed by atoms with E-state index in [1.165, 1.54) is 0 Å². The Morgan fingerprint density at radius 1 is 1.04 bits per heavy atom. The van der Waals surface area contributed by atoms with E-state index < -0.39 is 0 Å². The van der Waals surface area contributed by atoms with Gasteiger partial charge in [0.2, 0.25) is 0 Å². The topological polar surface area (TPSA) is 56.8 Å². The zero-order valence-corrected chi connectivity index (χ0v) is 13.9. The number of benzene rings is 1. The van der Waals surface area contributed by atoms with Gasteiger partial charge >= 0.3 is 5.76 Å². The third-order valence-corrected chi connectivity index (χ3v) is 5.09. The fourth-order valence-electron chi connectivity index (χ4n) is 3.78. The summed E-state index contributed by atoms with van der Waals surface area (Å²) in [4.78, 5) is 14.4. The number of rotatable bonds is 5. The minimum absolute atomic E-state index is 0.0167. The molecule has 0 spiro atoms. The molecule has 0 atom stereocenters. The van der Waals surface area contributed by atoms with Gasteiger partial charge in [0.25, 0.3) is 0 Å². The van der Waals surface area contributed by atoms with E-state index in [-0.39, 0.29) is 12.0 Å². The van der Waals surface area contributed by atoms with Crippen LogP contribution in [0.15, 0.2) is 33.5 Å². The Bertz CT molecular complexity index is 724. The second kappa shape index (κ2) is 7.09. The highest BCUT2D eigenvalue weighted by atomic mass is 16.7. The van der Waals surface area contributed by atoms with E-state index in [0.29, 0.717) is 18.0 Å². The lowest BCUT2D eigenvalue weighted by Crippen LogP contribution is -2.38. The average molecular weight is 332 g/mol. The number of piperidine rings is 1. The molecular formula is C18H24N2O4. The van der Waals surface area contributed by atoms with Crippen LogP contribution in [0.25, 0.3) is 11.1 Å². The van der Waals surface area contributed by atoms with Gasteiger partial charge in [-0.3, -0.25) is 4.57 Å². The number of fused-ring (bicyclic) bond motifs is 1. The molecule has 24 heavy (non-hydrogen) atoms. The number of nitrogens with zero attached hydrogens (tertiary/aromatic N) is 2. The quantitative estimate of drug-likeness (QED) is 0.839. The lowest BCUT2D eigenvalue weighted by molar-refractivity contribution is -0.0974. The molecule has 1 aromatic carbocycles. The van der Waals surface area contributed by atoms with E-state index in [4.69, 9.17) is 13.9 Å². The number of likely N-dealkylation sites (tertiary alicyclic amines) is 1. The fourth-order valence-corrected chi connectivity index (χ4v) is 3.78. The highest BCUT2D eigenvalue weighted by Gasteiger charge is 2.30. The Kier molecular flexibility index (Phi) is 4.69. The zero-order chi connectivity index (χ0) is 16.4. The van der Waals surface area contributed by atoms with Crippen LogP contribution in [0.4, 0.5) is 0 Å². The summed E-state index contributed by atoms with van der Waals surface area (Å²) in [5, 5.41) is 0. The molecule has 2 saturated heterocycles. The number of aromatic nitrogens is 1. The van der Waals surface area contributed by atoms with Crippen molar-refractivity contribution < 1.29 is 13.9 Å². The number of ether oxygens (including phenoxy) is 2. The van der Waals surface area contributed by atoms with E-state index >= 15 is 0 Å². The summed E-state index contributed by atoms with van der Waals surface area (Å²) < 4.78 is 18.3. The number of oxazole rings is 1. The molecule has 0 unspecified atom stereocenters. The summed E-state index contributed by atoms with van der Waals surface area (Å²) in [7, 11) is 0. The van der Waals surface area contributed by atoms with Gasteiger partial charge in [-0.15, -0.1) is 0 Å². The highest BCUT2D eigenvalue weighted by molar-refractivity contribution is 5.72. The molecule has 0 amide bonds. The summed E-state index contributed by atoms with van der Waals surface area (Å²) in [6.45, 7) is 5.33. The van der Waals surface area contributed by atoms with Crippen LogP contribution in [0.1, 0.15) is 19.3 Å². The van der Waals surface area contributed by atoms with Crippen molar-refractivity contribution in [1.29, 1.82) is 0 Å². The number of para-hydroxylation sites is 2. The molecule has 1 aromatic heterocycles. The predicted octanol–water partition coefficient (Wildman–Crippen LogP) is 2.07. The number of hydrogen-bond acceptors (Lipinski definition) is 5.